The molecule has 1 atom stereocenters. The highest BCUT2D eigenvalue weighted by Gasteiger charge is 2.14. The summed E-state index contributed by atoms with van der Waals surface area (Å²) in [5, 5.41) is 2.66. The van der Waals surface area contributed by atoms with E-state index in [1.165, 1.54) is 12.1 Å². The van der Waals surface area contributed by atoms with Crippen molar-refractivity contribution >= 4 is 21.4 Å². The molecule has 1 amide bonds. The number of hydrogen-bond acceptors (Lipinski definition) is 4. The minimum Gasteiger partial charge on any atom is -0.325 e. The van der Waals surface area contributed by atoms with Crippen LogP contribution in [0.15, 0.2) is 29.2 Å². The molecule has 5 nitrogen and oxygen atoms in total. The summed E-state index contributed by atoms with van der Waals surface area (Å²) in [6, 6.07) is 5.57. The van der Waals surface area contributed by atoms with Gasteiger partial charge < -0.3 is 11.1 Å². The molecule has 0 aliphatic heterocycles. The molecule has 0 bridgehead atoms. The lowest BCUT2D eigenvalue weighted by Crippen LogP contribution is -2.35. The van der Waals surface area contributed by atoms with Crippen molar-refractivity contribution in [3.63, 3.8) is 0 Å². The summed E-state index contributed by atoms with van der Waals surface area (Å²) in [6.45, 7) is 3.55. The Kier molecular flexibility index (Phi) is 5.50. The highest BCUT2D eigenvalue weighted by atomic mass is 32.2. The van der Waals surface area contributed by atoms with E-state index >= 15 is 0 Å². The fourth-order valence-corrected chi connectivity index (χ4v) is 2.47. The van der Waals surface area contributed by atoms with Gasteiger partial charge in [-0.2, -0.15) is 0 Å². The zero-order valence-corrected chi connectivity index (χ0v) is 12.0. The number of nitrogens with two attached hydrogens (primary N) is 1. The van der Waals surface area contributed by atoms with Crippen LogP contribution in [0.5, 0.6) is 0 Å². The first kappa shape index (κ1) is 15.7. The summed E-state index contributed by atoms with van der Waals surface area (Å²) in [5.41, 5.74) is 6.24. The van der Waals surface area contributed by atoms with Crippen LogP contribution in [0.25, 0.3) is 0 Å². The van der Waals surface area contributed by atoms with E-state index in [9.17, 15) is 13.2 Å². The molecular weight excluding hydrogens is 264 g/mol. The Morgan fingerprint density at radius 1 is 1.26 bits per heavy atom. The lowest BCUT2D eigenvalue weighted by atomic mass is 10.1. The number of carbonyl (C=O) groups excluding carboxylic acids is 1. The van der Waals surface area contributed by atoms with Crippen molar-refractivity contribution < 1.29 is 13.2 Å². The average molecular weight is 284 g/mol. The Morgan fingerprint density at radius 3 is 2.32 bits per heavy atom. The van der Waals surface area contributed by atoms with Crippen molar-refractivity contribution in [2.24, 2.45) is 5.73 Å². The molecule has 1 aromatic carbocycles. The van der Waals surface area contributed by atoms with Crippen LogP contribution in [-0.2, 0) is 14.6 Å². The summed E-state index contributed by atoms with van der Waals surface area (Å²) in [7, 11) is -3.21. The molecule has 0 saturated heterocycles. The molecule has 19 heavy (non-hydrogen) atoms. The maximum atomic E-state index is 11.7. The van der Waals surface area contributed by atoms with Crippen molar-refractivity contribution in [3.8, 4) is 0 Å². The quantitative estimate of drug-likeness (QED) is 0.829. The topological polar surface area (TPSA) is 89.3 Å². The van der Waals surface area contributed by atoms with Crippen molar-refractivity contribution in [2.45, 2.75) is 37.6 Å². The van der Waals surface area contributed by atoms with Crippen molar-refractivity contribution in [3.05, 3.63) is 24.3 Å². The summed E-state index contributed by atoms with van der Waals surface area (Å²) in [4.78, 5) is 11.9. The Bertz CT molecular complexity index is 523. The van der Waals surface area contributed by atoms with E-state index in [0.717, 1.165) is 6.42 Å². The number of hydrogen-bond donors (Lipinski definition) is 2. The fourth-order valence-electron chi connectivity index (χ4n) is 1.59. The van der Waals surface area contributed by atoms with E-state index in [0.29, 0.717) is 12.1 Å². The lowest BCUT2D eigenvalue weighted by molar-refractivity contribution is -0.117. The minimum atomic E-state index is -3.21. The van der Waals surface area contributed by atoms with Gasteiger partial charge in [0.1, 0.15) is 0 Å². The number of sulfone groups is 1. The van der Waals surface area contributed by atoms with E-state index in [1.54, 1.807) is 19.1 Å². The second-order valence-corrected chi connectivity index (χ2v) is 6.59. The minimum absolute atomic E-state index is 0.0556. The van der Waals surface area contributed by atoms with Gasteiger partial charge in [0.2, 0.25) is 5.91 Å². The van der Waals surface area contributed by atoms with E-state index < -0.39 is 15.9 Å². The molecule has 0 saturated carbocycles. The molecule has 1 aromatic rings. The monoisotopic (exact) mass is 284 g/mol. The first-order valence-corrected chi connectivity index (χ1v) is 7.95. The number of anilines is 1. The number of carbonyl (C=O) groups is 1. The van der Waals surface area contributed by atoms with Gasteiger partial charge >= 0.3 is 0 Å². The van der Waals surface area contributed by atoms with Crippen LogP contribution in [0.2, 0.25) is 0 Å². The fraction of sp³-hybridized carbons (Fsp3) is 0.462. The molecule has 0 radical (unpaired) electrons. The molecule has 0 spiro atoms. The van der Waals surface area contributed by atoms with Gasteiger partial charge in [0.05, 0.1) is 16.7 Å². The van der Waals surface area contributed by atoms with Crippen LogP contribution >= 0.6 is 0 Å². The number of amides is 1. The molecule has 0 fully saturated rings. The average Bonchev–Trinajstić information content (AvgIpc) is 2.39. The standard InChI is InChI=1S/C13H20N2O3S/c1-3-5-12(14)13(16)15-10-6-8-11(9-7-10)19(17,18)4-2/h6-9,12H,3-5,14H2,1-2H3,(H,15,16)/t12-/m1/s1. The third-order valence-corrected chi connectivity index (χ3v) is 4.55. The molecule has 0 aliphatic rings. The molecule has 106 valence electrons. The van der Waals surface area contributed by atoms with Crippen LogP contribution in [0, 0.1) is 0 Å². The Morgan fingerprint density at radius 2 is 1.84 bits per heavy atom. The molecule has 0 heterocycles. The van der Waals surface area contributed by atoms with E-state index in [4.69, 9.17) is 5.73 Å². The normalized spacial score (nSPS) is 13.0. The predicted molar refractivity (Wildman–Crippen MR) is 75.7 cm³/mol. The van der Waals surface area contributed by atoms with Gasteiger partial charge in [0, 0.05) is 5.69 Å². The summed E-state index contributed by atoms with van der Waals surface area (Å²) in [5.74, 6) is -0.201. The second kappa shape index (κ2) is 6.68. The van der Waals surface area contributed by atoms with Gasteiger partial charge in [-0.1, -0.05) is 20.3 Å². The van der Waals surface area contributed by atoms with Gasteiger partial charge in [-0.25, -0.2) is 8.42 Å². The van der Waals surface area contributed by atoms with E-state index in [2.05, 4.69) is 5.32 Å². The van der Waals surface area contributed by atoms with Gasteiger partial charge in [0.25, 0.3) is 0 Å². The first-order chi connectivity index (χ1) is 8.90. The van der Waals surface area contributed by atoms with E-state index in [-0.39, 0.29) is 16.6 Å². The number of rotatable bonds is 6. The van der Waals surface area contributed by atoms with Crippen LogP contribution < -0.4 is 11.1 Å². The summed E-state index contributed by atoms with van der Waals surface area (Å²) >= 11 is 0. The summed E-state index contributed by atoms with van der Waals surface area (Å²) < 4.78 is 23.2. The molecular formula is C13H20N2O3S. The summed E-state index contributed by atoms with van der Waals surface area (Å²) in [6.07, 6.45) is 1.45. The Balaban J connectivity index is 2.75. The van der Waals surface area contributed by atoms with Gasteiger partial charge in [-0.15, -0.1) is 0 Å². The lowest BCUT2D eigenvalue weighted by Gasteiger charge is -2.11. The Hall–Kier alpha value is -1.40. The highest BCUT2D eigenvalue weighted by molar-refractivity contribution is 7.91. The maximum Gasteiger partial charge on any atom is 0.241 e. The third kappa shape index (κ3) is 4.33. The zero-order chi connectivity index (χ0) is 14.5. The van der Waals surface area contributed by atoms with Gasteiger partial charge in [-0.05, 0) is 30.7 Å². The first-order valence-electron chi connectivity index (χ1n) is 6.30. The number of nitrogens with one attached hydrogen (secondary N) is 1. The number of benzene rings is 1. The SMILES string of the molecule is CCC[C@@H](N)C(=O)Nc1ccc(S(=O)(=O)CC)cc1. The smallest absolute Gasteiger partial charge is 0.241 e. The largest absolute Gasteiger partial charge is 0.325 e. The van der Waals surface area contributed by atoms with Crippen LogP contribution in [-0.4, -0.2) is 26.1 Å². The van der Waals surface area contributed by atoms with Gasteiger partial charge in [-0.3, -0.25) is 4.79 Å². The van der Waals surface area contributed by atoms with Gasteiger partial charge in [0.15, 0.2) is 9.84 Å². The zero-order valence-electron chi connectivity index (χ0n) is 11.2. The van der Waals surface area contributed by atoms with Crippen LogP contribution in [0.3, 0.4) is 0 Å². The second-order valence-electron chi connectivity index (χ2n) is 4.31. The molecule has 1 rings (SSSR count). The maximum absolute atomic E-state index is 11.7. The molecule has 3 N–H and O–H groups in total. The van der Waals surface area contributed by atoms with Crippen LogP contribution in [0.4, 0.5) is 5.69 Å². The van der Waals surface area contributed by atoms with Crippen molar-refractivity contribution in [1.82, 2.24) is 0 Å². The highest BCUT2D eigenvalue weighted by Crippen LogP contribution is 2.15. The van der Waals surface area contributed by atoms with Crippen LogP contribution in [0.1, 0.15) is 26.7 Å². The van der Waals surface area contributed by atoms with E-state index in [1.807, 2.05) is 6.92 Å². The molecule has 6 heteroatoms. The Labute approximate surface area is 114 Å². The predicted octanol–water partition coefficient (Wildman–Crippen LogP) is 1.55. The van der Waals surface area contributed by atoms with Crippen molar-refractivity contribution in [1.29, 1.82) is 0 Å². The third-order valence-electron chi connectivity index (χ3n) is 2.80. The molecule has 0 unspecified atom stereocenters. The van der Waals surface area contributed by atoms with Crippen molar-refractivity contribution in [2.75, 3.05) is 11.1 Å². The molecule has 0 aliphatic carbocycles. The molecule has 0 aromatic heterocycles.